The van der Waals surface area contributed by atoms with Gasteiger partial charge in [0.2, 0.25) is 5.91 Å². The van der Waals surface area contributed by atoms with Crippen molar-refractivity contribution >= 4 is 11.9 Å². The third kappa shape index (κ3) is 3.20. The summed E-state index contributed by atoms with van der Waals surface area (Å²) in [5.41, 5.74) is 0. The van der Waals surface area contributed by atoms with Crippen LogP contribution in [-0.2, 0) is 14.3 Å². The van der Waals surface area contributed by atoms with Gasteiger partial charge in [0, 0.05) is 6.61 Å². The largest absolute Gasteiger partial charge is 0.480 e. The molecule has 0 radical (unpaired) electrons. The number of aliphatic carboxylic acids is 1. The van der Waals surface area contributed by atoms with Crippen molar-refractivity contribution in [3.8, 4) is 0 Å². The molecule has 1 saturated heterocycles. The molecule has 0 saturated carbocycles. The fraction of sp³-hybridized carbons (Fsp3) is 0.818. The Bertz CT molecular complexity index is 261. The molecule has 3 atom stereocenters. The van der Waals surface area contributed by atoms with Gasteiger partial charge in [-0.05, 0) is 18.8 Å². The molecule has 1 aliphatic rings. The summed E-state index contributed by atoms with van der Waals surface area (Å²) in [7, 11) is 0. The molecular weight excluding hydrogens is 210 g/mol. The summed E-state index contributed by atoms with van der Waals surface area (Å²) in [5.74, 6) is -1.37. The summed E-state index contributed by atoms with van der Waals surface area (Å²) in [6, 6.07) is -0.818. The fourth-order valence-corrected chi connectivity index (χ4v) is 1.71. The Morgan fingerprint density at radius 2 is 2.25 bits per heavy atom. The molecule has 0 bridgehead atoms. The van der Waals surface area contributed by atoms with Crippen molar-refractivity contribution in [1.29, 1.82) is 0 Å². The average Bonchev–Trinajstić information content (AvgIpc) is 2.77. The van der Waals surface area contributed by atoms with E-state index in [2.05, 4.69) is 5.32 Å². The zero-order valence-electron chi connectivity index (χ0n) is 9.73. The monoisotopic (exact) mass is 229 g/mol. The third-order valence-electron chi connectivity index (χ3n) is 3.00. The fourth-order valence-electron chi connectivity index (χ4n) is 1.71. The predicted octanol–water partition coefficient (Wildman–Crippen LogP) is 0.781. The number of carboxylic acid groups (broad SMARTS) is 1. The number of carboxylic acids is 1. The number of hydrogen-bond donors (Lipinski definition) is 2. The van der Waals surface area contributed by atoms with E-state index in [1.165, 1.54) is 0 Å². The van der Waals surface area contributed by atoms with Crippen molar-refractivity contribution in [2.24, 2.45) is 5.92 Å². The zero-order chi connectivity index (χ0) is 12.1. The second kappa shape index (κ2) is 5.84. The summed E-state index contributed by atoms with van der Waals surface area (Å²) in [5, 5.41) is 11.6. The molecule has 1 aliphatic heterocycles. The van der Waals surface area contributed by atoms with E-state index in [0.29, 0.717) is 19.4 Å². The van der Waals surface area contributed by atoms with Crippen LogP contribution in [0.2, 0.25) is 0 Å². The Morgan fingerprint density at radius 3 is 2.69 bits per heavy atom. The van der Waals surface area contributed by atoms with Gasteiger partial charge < -0.3 is 15.2 Å². The second-order valence-corrected chi connectivity index (χ2v) is 4.21. The van der Waals surface area contributed by atoms with Gasteiger partial charge in [0.05, 0.1) is 0 Å². The molecule has 3 unspecified atom stereocenters. The predicted molar refractivity (Wildman–Crippen MR) is 58.0 cm³/mol. The minimum Gasteiger partial charge on any atom is -0.480 e. The van der Waals surface area contributed by atoms with Gasteiger partial charge in [-0.15, -0.1) is 0 Å². The standard InChI is InChI=1S/C11H19NO4/c1-3-7(2)9(11(14)15)12-10(13)8-5-4-6-16-8/h7-9H,3-6H2,1-2H3,(H,12,13)(H,14,15). The van der Waals surface area contributed by atoms with Crippen LogP contribution in [0.15, 0.2) is 0 Å². The molecule has 0 aromatic heterocycles. The first-order chi connectivity index (χ1) is 7.56. The first-order valence-electron chi connectivity index (χ1n) is 5.71. The van der Waals surface area contributed by atoms with Crippen molar-refractivity contribution in [3.05, 3.63) is 0 Å². The summed E-state index contributed by atoms with van der Waals surface area (Å²) >= 11 is 0. The van der Waals surface area contributed by atoms with Crippen LogP contribution in [0.1, 0.15) is 33.1 Å². The summed E-state index contributed by atoms with van der Waals surface area (Å²) in [4.78, 5) is 22.7. The highest BCUT2D eigenvalue weighted by Gasteiger charge is 2.30. The van der Waals surface area contributed by atoms with Crippen LogP contribution in [0, 0.1) is 5.92 Å². The molecule has 1 fully saturated rings. The van der Waals surface area contributed by atoms with E-state index in [0.717, 1.165) is 6.42 Å². The van der Waals surface area contributed by atoms with E-state index in [1.54, 1.807) is 0 Å². The highest BCUT2D eigenvalue weighted by molar-refractivity contribution is 5.86. The molecule has 0 aromatic rings. The van der Waals surface area contributed by atoms with Crippen LogP contribution < -0.4 is 5.32 Å². The van der Waals surface area contributed by atoms with Gasteiger partial charge in [-0.25, -0.2) is 4.79 Å². The second-order valence-electron chi connectivity index (χ2n) is 4.21. The Labute approximate surface area is 95.2 Å². The van der Waals surface area contributed by atoms with Crippen LogP contribution in [0.25, 0.3) is 0 Å². The first-order valence-corrected chi connectivity index (χ1v) is 5.71. The lowest BCUT2D eigenvalue weighted by Gasteiger charge is -2.21. The number of carbonyl (C=O) groups excluding carboxylic acids is 1. The van der Waals surface area contributed by atoms with Crippen LogP contribution in [0.5, 0.6) is 0 Å². The molecule has 92 valence electrons. The zero-order valence-corrected chi connectivity index (χ0v) is 9.73. The van der Waals surface area contributed by atoms with E-state index in [4.69, 9.17) is 9.84 Å². The van der Waals surface area contributed by atoms with E-state index in [9.17, 15) is 9.59 Å². The molecule has 5 heteroatoms. The summed E-state index contributed by atoms with van der Waals surface area (Å²) in [6.45, 7) is 4.30. The lowest BCUT2D eigenvalue weighted by Crippen LogP contribution is -2.48. The number of nitrogens with one attached hydrogen (secondary N) is 1. The normalized spacial score (nSPS) is 23.8. The van der Waals surface area contributed by atoms with E-state index >= 15 is 0 Å². The highest BCUT2D eigenvalue weighted by Crippen LogP contribution is 2.14. The van der Waals surface area contributed by atoms with Gasteiger partial charge in [-0.3, -0.25) is 4.79 Å². The Hall–Kier alpha value is -1.10. The lowest BCUT2D eigenvalue weighted by atomic mass is 9.99. The number of ether oxygens (including phenoxy) is 1. The van der Waals surface area contributed by atoms with Crippen molar-refractivity contribution in [1.82, 2.24) is 5.32 Å². The molecule has 0 aromatic carbocycles. The number of carbonyl (C=O) groups is 2. The van der Waals surface area contributed by atoms with Gasteiger partial charge >= 0.3 is 5.97 Å². The topological polar surface area (TPSA) is 75.6 Å². The van der Waals surface area contributed by atoms with Gasteiger partial charge in [0.15, 0.2) is 0 Å². The average molecular weight is 229 g/mol. The van der Waals surface area contributed by atoms with Crippen LogP contribution >= 0.6 is 0 Å². The van der Waals surface area contributed by atoms with Crippen molar-refractivity contribution in [3.63, 3.8) is 0 Å². The van der Waals surface area contributed by atoms with Crippen molar-refractivity contribution < 1.29 is 19.4 Å². The summed E-state index contributed by atoms with van der Waals surface area (Å²) in [6.07, 6.45) is 1.78. The van der Waals surface area contributed by atoms with Gasteiger partial charge in [-0.1, -0.05) is 20.3 Å². The Morgan fingerprint density at radius 1 is 1.56 bits per heavy atom. The minimum absolute atomic E-state index is 0.0807. The quantitative estimate of drug-likeness (QED) is 0.730. The molecule has 5 nitrogen and oxygen atoms in total. The van der Waals surface area contributed by atoms with Crippen LogP contribution in [-0.4, -0.2) is 35.7 Å². The summed E-state index contributed by atoms with van der Waals surface area (Å²) < 4.78 is 5.20. The molecular formula is C11H19NO4. The highest BCUT2D eigenvalue weighted by atomic mass is 16.5. The lowest BCUT2D eigenvalue weighted by molar-refractivity contribution is -0.145. The molecule has 16 heavy (non-hydrogen) atoms. The molecule has 0 aliphatic carbocycles. The van der Waals surface area contributed by atoms with Gasteiger partial charge in [0.25, 0.3) is 0 Å². The third-order valence-corrected chi connectivity index (χ3v) is 3.00. The molecule has 1 amide bonds. The van der Waals surface area contributed by atoms with Gasteiger partial charge in [0.1, 0.15) is 12.1 Å². The molecule has 2 N–H and O–H groups in total. The first kappa shape index (κ1) is 13.0. The Kier molecular flexibility index (Phi) is 4.73. The number of rotatable bonds is 5. The maximum atomic E-state index is 11.7. The van der Waals surface area contributed by atoms with Crippen LogP contribution in [0.3, 0.4) is 0 Å². The minimum atomic E-state index is -0.985. The number of hydrogen-bond acceptors (Lipinski definition) is 3. The van der Waals surface area contributed by atoms with Gasteiger partial charge in [-0.2, -0.15) is 0 Å². The molecule has 0 spiro atoms. The van der Waals surface area contributed by atoms with E-state index in [1.807, 2.05) is 13.8 Å². The van der Waals surface area contributed by atoms with Crippen molar-refractivity contribution in [2.45, 2.75) is 45.3 Å². The van der Waals surface area contributed by atoms with Crippen LogP contribution in [0.4, 0.5) is 0 Å². The SMILES string of the molecule is CCC(C)C(NC(=O)C1CCCO1)C(=O)O. The van der Waals surface area contributed by atoms with E-state index in [-0.39, 0.29) is 11.8 Å². The van der Waals surface area contributed by atoms with E-state index < -0.39 is 18.1 Å². The molecule has 1 heterocycles. The van der Waals surface area contributed by atoms with Crippen molar-refractivity contribution in [2.75, 3.05) is 6.61 Å². The Balaban J connectivity index is 2.53. The smallest absolute Gasteiger partial charge is 0.326 e. The maximum absolute atomic E-state index is 11.7. The maximum Gasteiger partial charge on any atom is 0.326 e. The molecule has 1 rings (SSSR count). The number of amides is 1.